The Morgan fingerprint density at radius 2 is 2.44 bits per heavy atom. The van der Waals surface area contributed by atoms with E-state index in [4.69, 9.17) is 4.74 Å². The van der Waals surface area contributed by atoms with Gasteiger partial charge in [0.15, 0.2) is 0 Å². The molecule has 0 aromatic heterocycles. The van der Waals surface area contributed by atoms with Crippen molar-refractivity contribution >= 4 is 6.29 Å². The molecule has 54 valence electrons. The molecule has 0 radical (unpaired) electrons. The van der Waals surface area contributed by atoms with Crippen LogP contribution in [0.3, 0.4) is 0 Å². The van der Waals surface area contributed by atoms with Crippen LogP contribution in [0.25, 0.3) is 0 Å². The molecule has 3 nitrogen and oxygen atoms in total. The lowest BCUT2D eigenvalue weighted by molar-refractivity contribution is -0.107. The SMILES string of the molecule is C1COCN1.CCC=O. The first-order chi connectivity index (χ1) is 4.41. The second kappa shape index (κ2) is 7.59. The number of hydrogen-bond donors (Lipinski definition) is 1. The normalized spacial score (nSPS) is 16.1. The largest absolute Gasteiger partial charge is 0.365 e. The first-order valence-electron chi connectivity index (χ1n) is 3.14. The van der Waals surface area contributed by atoms with E-state index in [1.165, 1.54) is 0 Å². The van der Waals surface area contributed by atoms with Gasteiger partial charge in [-0.15, -0.1) is 0 Å². The average Bonchev–Trinajstić information content (AvgIpc) is 2.43. The molecule has 9 heavy (non-hydrogen) atoms. The molecule has 0 unspecified atom stereocenters. The number of hydrogen-bond acceptors (Lipinski definition) is 3. The molecule has 1 heterocycles. The van der Waals surface area contributed by atoms with Gasteiger partial charge >= 0.3 is 0 Å². The molecule has 0 aromatic rings. The van der Waals surface area contributed by atoms with Crippen LogP contribution in [0.15, 0.2) is 0 Å². The molecule has 0 saturated carbocycles. The molecule has 1 N–H and O–H groups in total. The van der Waals surface area contributed by atoms with Crippen LogP contribution in [0.4, 0.5) is 0 Å². The molecule has 1 saturated heterocycles. The van der Waals surface area contributed by atoms with E-state index < -0.39 is 0 Å². The monoisotopic (exact) mass is 131 g/mol. The molecule has 1 aliphatic rings. The molecule has 1 rings (SSSR count). The zero-order chi connectivity index (χ0) is 6.95. The first-order valence-corrected chi connectivity index (χ1v) is 3.14. The molecule has 0 amide bonds. The summed E-state index contributed by atoms with van der Waals surface area (Å²) in [5.41, 5.74) is 0. The summed E-state index contributed by atoms with van der Waals surface area (Å²) in [4.78, 5) is 9.17. The Labute approximate surface area is 55.4 Å². The lowest BCUT2D eigenvalue weighted by Crippen LogP contribution is -2.05. The maximum atomic E-state index is 9.17. The number of nitrogens with one attached hydrogen (secondary N) is 1. The highest BCUT2D eigenvalue weighted by Gasteiger charge is 1.92. The fourth-order valence-corrected chi connectivity index (χ4v) is 0.361. The number of aldehydes is 1. The van der Waals surface area contributed by atoms with E-state index in [2.05, 4.69) is 5.32 Å². The number of ether oxygens (including phenoxy) is 1. The first kappa shape index (κ1) is 8.59. The molecular weight excluding hydrogens is 118 g/mol. The molecule has 1 aliphatic heterocycles. The Hall–Kier alpha value is -0.410. The summed E-state index contributed by atoms with van der Waals surface area (Å²) < 4.78 is 4.83. The van der Waals surface area contributed by atoms with Crippen molar-refractivity contribution in [3.8, 4) is 0 Å². The second-order valence-electron chi connectivity index (χ2n) is 1.63. The van der Waals surface area contributed by atoms with Gasteiger partial charge in [0.1, 0.15) is 6.29 Å². The van der Waals surface area contributed by atoms with Gasteiger partial charge in [0, 0.05) is 13.0 Å². The van der Waals surface area contributed by atoms with Crippen molar-refractivity contribution in [3.05, 3.63) is 0 Å². The van der Waals surface area contributed by atoms with Crippen LogP contribution < -0.4 is 5.32 Å². The Balaban J connectivity index is 0.000000148. The van der Waals surface area contributed by atoms with Gasteiger partial charge in [0.2, 0.25) is 0 Å². The van der Waals surface area contributed by atoms with Gasteiger partial charge < -0.3 is 9.53 Å². The third-order valence-electron chi connectivity index (χ3n) is 0.794. The highest BCUT2D eigenvalue weighted by Crippen LogP contribution is 1.75. The number of carbonyl (C=O) groups is 1. The van der Waals surface area contributed by atoms with Crippen molar-refractivity contribution in [2.24, 2.45) is 0 Å². The smallest absolute Gasteiger partial charge is 0.119 e. The van der Waals surface area contributed by atoms with E-state index in [9.17, 15) is 4.79 Å². The Kier molecular flexibility index (Phi) is 7.24. The van der Waals surface area contributed by atoms with E-state index in [1.807, 2.05) is 6.92 Å². The molecule has 0 bridgehead atoms. The predicted octanol–water partition coefficient (Wildman–Crippen LogP) is 0.159. The summed E-state index contributed by atoms with van der Waals surface area (Å²) >= 11 is 0. The minimum Gasteiger partial charge on any atom is -0.365 e. The van der Waals surface area contributed by atoms with Crippen molar-refractivity contribution in [2.75, 3.05) is 19.9 Å². The van der Waals surface area contributed by atoms with Crippen LogP contribution in [0.1, 0.15) is 13.3 Å². The summed E-state index contributed by atoms with van der Waals surface area (Å²) in [6.45, 7) is 4.48. The molecule has 0 atom stereocenters. The third-order valence-corrected chi connectivity index (χ3v) is 0.794. The van der Waals surface area contributed by atoms with Crippen molar-refractivity contribution in [1.82, 2.24) is 5.32 Å². The summed E-state index contributed by atoms with van der Waals surface area (Å²) in [5, 5.41) is 3.00. The number of carbonyl (C=O) groups excluding carboxylic acids is 1. The minimum atomic E-state index is 0.639. The van der Waals surface area contributed by atoms with Crippen LogP contribution >= 0.6 is 0 Å². The van der Waals surface area contributed by atoms with Crippen LogP contribution in [0, 0.1) is 0 Å². The van der Waals surface area contributed by atoms with E-state index in [0.717, 1.165) is 26.2 Å². The zero-order valence-corrected chi connectivity index (χ0v) is 5.72. The Bertz CT molecular complexity index is 54.5. The van der Waals surface area contributed by atoms with E-state index >= 15 is 0 Å². The number of rotatable bonds is 1. The third kappa shape index (κ3) is 7.59. The van der Waals surface area contributed by atoms with E-state index in [0.29, 0.717) is 6.42 Å². The van der Waals surface area contributed by atoms with Crippen LogP contribution in [0.5, 0.6) is 0 Å². The van der Waals surface area contributed by atoms with Gasteiger partial charge in [-0.3, -0.25) is 5.32 Å². The Morgan fingerprint density at radius 3 is 2.56 bits per heavy atom. The maximum absolute atomic E-state index is 9.17. The molecular formula is C6H13NO2. The van der Waals surface area contributed by atoms with Gasteiger partial charge in [-0.25, -0.2) is 0 Å². The zero-order valence-electron chi connectivity index (χ0n) is 5.72. The quantitative estimate of drug-likeness (QED) is 0.515. The molecule has 0 spiro atoms. The van der Waals surface area contributed by atoms with Gasteiger partial charge in [-0.1, -0.05) is 6.92 Å². The van der Waals surface area contributed by atoms with Crippen LogP contribution in [-0.4, -0.2) is 26.2 Å². The van der Waals surface area contributed by atoms with Crippen molar-refractivity contribution in [2.45, 2.75) is 13.3 Å². The van der Waals surface area contributed by atoms with Gasteiger partial charge in [-0.2, -0.15) is 0 Å². The minimum absolute atomic E-state index is 0.639. The lowest BCUT2D eigenvalue weighted by atomic mass is 10.6. The maximum Gasteiger partial charge on any atom is 0.119 e. The fourth-order valence-electron chi connectivity index (χ4n) is 0.361. The van der Waals surface area contributed by atoms with Crippen molar-refractivity contribution < 1.29 is 9.53 Å². The van der Waals surface area contributed by atoms with Crippen molar-refractivity contribution in [3.63, 3.8) is 0 Å². The lowest BCUT2D eigenvalue weighted by Gasteiger charge is -1.76. The standard InChI is InChI=1S/C3H7NO.C3H6O/c1-2-5-3-4-1;1-2-3-4/h4H,1-3H2;3H,2H2,1H3. The topological polar surface area (TPSA) is 38.3 Å². The van der Waals surface area contributed by atoms with Crippen LogP contribution in [-0.2, 0) is 9.53 Å². The van der Waals surface area contributed by atoms with Crippen LogP contribution in [0.2, 0.25) is 0 Å². The Morgan fingerprint density at radius 1 is 1.78 bits per heavy atom. The fraction of sp³-hybridized carbons (Fsp3) is 0.833. The average molecular weight is 131 g/mol. The summed E-state index contributed by atoms with van der Waals surface area (Å²) in [6.07, 6.45) is 1.51. The summed E-state index contributed by atoms with van der Waals surface area (Å²) in [7, 11) is 0. The predicted molar refractivity (Wildman–Crippen MR) is 35.2 cm³/mol. The summed E-state index contributed by atoms with van der Waals surface area (Å²) in [6, 6.07) is 0. The highest BCUT2D eigenvalue weighted by atomic mass is 16.5. The molecule has 0 aromatic carbocycles. The van der Waals surface area contributed by atoms with Gasteiger partial charge in [-0.05, 0) is 0 Å². The van der Waals surface area contributed by atoms with E-state index in [-0.39, 0.29) is 0 Å². The molecule has 0 aliphatic carbocycles. The van der Waals surface area contributed by atoms with E-state index in [1.54, 1.807) is 0 Å². The van der Waals surface area contributed by atoms with Crippen molar-refractivity contribution in [1.29, 1.82) is 0 Å². The highest BCUT2D eigenvalue weighted by molar-refractivity contribution is 5.48. The molecule has 3 heteroatoms. The van der Waals surface area contributed by atoms with Gasteiger partial charge in [0.25, 0.3) is 0 Å². The summed E-state index contributed by atoms with van der Waals surface area (Å²) in [5.74, 6) is 0. The van der Waals surface area contributed by atoms with Gasteiger partial charge in [0.05, 0.1) is 13.3 Å². The molecule has 1 fully saturated rings. The second-order valence-corrected chi connectivity index (χ2v) is 1.63.